The van der Waals surface area contributed by atoms with Gasteiger partial charge in [-0.3, -0.25) is 19.8 Å². The van der Waals surface area contributed by atoms with Gasteiger partial charge in [-0.15, -0.1) is 17.5 Å². The summed E-state index contributed by atoms with van der Waals surface area (Å²) in [6, 6.07) is 6.05. The molecule has 0 spiro atoms. The second-order valence-electron chi connectivity index (χ2n) is 7.12. The number of hydrogen-bond donors (Lipinski definition) is 2. The molecular formula is C18H21ClN10O4. The van der Waals surface area contributed by atoms with Crippen molar-refractivity contribution in [3.05, 3.63) is 51.3 Å². The molecule has 1 aliphatic heterocycles. The van der Waals surface area contributed by atoms with Crippen molar-refractivity contribution in [2.75, 3.05) is 18.8 Å². The molecule has 0 atom stereocenters. The molecule has 1 saturated heterocycles. The lowest BCUT2D eigenvalue weighted by Gasteiger charge is -2.26. The van der Waals surface area contributed by atoms with Crippen molar-refractivity contribution in [3.63, 3.8) is 0 Å². The number of carbonyl (C=O) groups is 1. The highest BCUT2D eigenvalue weighted by Crippen LogP contribution is 2.20. The van der Waals surface area contributed by atoms with E-state index in [0.717, 1.165) is 32.4 Å². The van der Waals surface area contributed by atoms with Crippen LogP contribution in [0, 0.1) is 10.1 Å². The number of nitrogens with zero attached hydrogens (tertiary/aromatic N) is 8. The number of halogens is 1. The van der Waals surface area contributed by atoms with Crippen molar-refractivity contribution in [1.82, 2.24) is 35.6 Å². The van der Waals surface area contributed by atoms with Gasteiger partial charge in [0.05, 0.1) is 22.4 Å². The predicted octanol–water partition coefficient (Wildman–Crippen LogP) is 1.31. The largest absolute Gasteiger partial charge is 0.378 e. The van der Waals surface area contributed by atoms with Gasteiger partial charge in [0.25, 0.3) is 11.6 Å². The fourth-order valence-electron chi connectivity index (χ4n) is 3.43. The van der Waals surface area contributed by atoms with Gasteiger partial charge in [0.15, 0.2) is 5.69 Å². The van der Waals surface area contributed by atoms with Crippen molar-refractivity contribution in [2.24, 2.45) is 5.10 Å². The highest BCUT2D eigenvalue weighted by molar-refractivity contribution is 5.94. The maximum atomic E-state index is 12.8. The molecule has 14 nitrogen and oxygen atoms in total. The second-order valence-corrected chi connectivity index (χ2v) is 7.12. The van der Waals surface area contributed by atoms with Gasteiger partial charge in [-0.1, -0.05) is 23.8 Å². The molecular weight excluding hydrogens is 456 g/mol. The average Bonchev–Trinajstić information content (AvgIpc) is 3.40. The summed E-state index contributed by atoms with van der Waals surface area (Å²) in [4.78, 5) is 25.6. The minimum Gasteiger partial charge on any atom is -0.378 e. The maximum Gasteiger partial charge on any atom is 0.293 e. The number of rotatable bonds is 7. The Balaban J connectivity index is 0.00000306. The van der Waals surface area contributed by atoms with Crippen LogP contribution >= 0.6 is 12.4 Å². The van der Waals surface area contributed by atoms with E-state index in [1.165, 1.54) is 23.0 Å². The van der Waals surface area contributed by atoms with Crippen LogP contribution in [0.25, 0.3) is 5.82 Å². The van der Waals surface area contributed by atoms with Crippen molar-refractivity contribution in [2.45, 2.75) is 25.8 Å². The number of nitrogens with one attached hydrogen (secondary N) is 1. The molecule has 174 valence electrons. The molecule has 0 bridgehead atoms. The number of nitrogens with two attached hydrogens (primary N) is 1. The molecule has 1 fully saturated rings. The molecule has 1 aliphatic rings. The average molecular weight is 477 g/mol. The monoisotopic (exact) mass is 476 g/mol. The van der Waals surface area contributed by atoms with Crippen molar-refractivity contribution >= 4 is 36.0 Å². The minimum atomic E-state index is -0.631. The van der Waals surface area contributed by atoms with Crippen LogP contribution in [0.1, 0.15) is 41.0 Å². The number of para-hydroxylation sites is 1. The van der Waals surface area contributed by atoms with Gasteiger partial charge in [-0.2, -0.15) is 9.78 Å². The van der Waals surface area contributed by atoms with Crippen LogP contribution in [-0.4, -0.2) is 60.3 Å². The maximum absolute atomic E-state index is 12.8. The summed E-state index contributed by atoms with van der Waals surface area (Å²) in [7, 11) is 0. The van der Waals surface area contributed by atoms with Crippen LogP contribution < -0.4 is 11.2 Å². The summed E-state index contributed by atoms with van der Waals surface area (Å²) in [5, 5.41) is 30.2. The summed E-state index contributed by atoms with van der Waals surface area (Å²) >= 11 is 0. The zero-order valence-corrected chi connectivity index (χ0v) is 18.1. The molecule has 0 aliphatic carbocycles. The Morgan fingerprint density at radius 3 is 2.73 bits per heavy atom. The first-order valence-electron chi connectivity index (χ1n) is 9.86. The normalized spacial score (nSPS) is 14.2. The zero-order chi connectivity index (χ0) is 22.5. The van der Waals surface area contributed by atoms with Crippen molar-refractivity contribution < 1.29 is 14.3 Å². The van der Waals surface area contributed by atoms with Crippen LogP contribution in [-0.2, 0) is 6.54 Å². The standard InChI is InChI=1S/C18H20N10O4.ClH/c19-16-17(24-32-23-16)27-14(11-26-8-4-1-5-9-26)15(21-25-27)18(29)22-20-10-12-6-2-3-7-13(12)28(30)31;/h2-3,6-7,10H,1,4-5,8-9,11H2,(H2,19,23)(H,22,29);1H/b20-10+;. The number of hydrazone groups is 1. The van der Waals surface area contributed by atoms with Crippen LogP contribution in [0.5, 0.6) is 0 Å². The third kappa shape index (κ3) is 5.30. The van der Waals surface area contributed by atoms with E-state index < -0.39 is 10.8 Å². The second kappa shape index (κ2) is 10.6. The summed E-state index contributed by atoms with van der Waals surface area (Å²) in [5.74, 6) is -0.490. The topological polar surface area (TPSA) is 183 Å². The van der Waals surface area contributed by atoms with Crippen LogP contribution in [0.3, 0.4) is 0 Å². The Labute approximate surface area is 193 Å². The van der Waals surface area contributed by atoms with Crippen LogP contribution in [0.15, 0.2) is 34.0 Å². The van der Waals surface area contributed by atoms with Crippen molar-refractivity contribution in [3.8, 4) is 5.82 Å². The van der Waals surface area contributed by atoms with Crippen LogP contribution in [0.2, 0.25) is 0 Å². The highest BCUT2D eigenvalue weighted by atomic mass is 35.5. The number of hydrogen-bond acceptors (Lipinski definition) is 11. The molecule has 0 saturated carbocycles. The SMILES string of the molecule is Cl.Nc1nonc1-n1nnc(C(=O)N/N=C/c2ccccc2[N+](=O)[O-])c1CN1CCCCC1. The van der Waals surface area contributed by atoms with Gasteiger partial charge in [-0.25, -0.2) is 10.1 Å². The van der Waals surface area contributed by atoms with Gasteiger partial charge < -0.3 is 5.73 Å². The molecule has 3 aromatic rings. The number of nitrogen functional groups attached to an aromatic ring is 1. The van der Waals surface area contributed by atoms with Gasteiger partial charge >= 0.3 is 0 Å². The van der Waals surface area contributed by atoms with E-state index in [-0.39, 0.29) is 41.0 Å². The van der Waals surface area contributed by atoms with E-state index in [2.05, 4.69) is 40.7 Å². The first kappa shape index (κ1) is 23.7. The Morgan fingerprint density at radius 2 is 2.03 bits per heavy atom. The molecule has 3 N–H and O–H groups in total. The van der Waals surface area contributed by atoms with Gasteiger partial charge in [0, 0.05) is 12.6 Å². The molecule has 1 aromatic carbocycles. The van der Waals surface area contributed by atoms with E-state index in [9.17, 15) is 14.9 Å². The smallest absolute Gasteiger partial charge is 0.293 e. The van der Waals surface area contributed by atoms with Crippen LogP contribution in [0.4, 0.5) is 11.5 Å². The summed E-state index contributed by atoms with van der Waals surface area (Å²) < 4.78 is 5.97. The van der Waals surface area contributed by atoms with Gasteiger partial charge in [0.2, 0.25) is 11.6 Å². The Morgan fingerprint density at radius 1 is 1.27 bits per heavy atom. The first-order valence-corrected chi connectivity index (χ1v) is 9.86. The summed E-state index contributed by atoms with van der Waals surface area (Å²) in [6.45, 7) is 2.12. The molecule has 0 radical (unpaired) electrons. The zero-order valence-electron chi connectivity index (χ0n) is 17.3. The molecule has 15 heteroatoms. The third-order valence-corrected chi connectivity index (χ3v) is 5.00. The number of nitro benzene ring substituents is 1. The predicted molar refractivity (Wildman–Crippen MR) is 118 cm³/mol. The number of nitro groups is 1. The Hall–Kier alpha value is -3.91. The molecule has 33 heavy (non-hydrogen) atoms. The fourth-order valence-corrected chi connectivity index (χ4v) is 3.43. The van der Waals surface area contributed by atoms with E-state index in [4.69, 9.17) is 5.73 Å². The number of amides is 1. The highest BCUT2D eigenvalue weighted by Gasteiger charge is 2.26. The lowest BCUT2D eigenvalue weighted by atomic mass is 10.1. The number of aromatic nitrogens is 5. The lowest BCUT2D eigenvalue weighted by molar-refractivity contribution is -0.385. The molecule has 2 aromatic heterocycles. The summed E-state index contributed by atoms with van der Waals surface area (Å²) in [5.41, 5.74) is 8.74. The number of anilines is 1. The third-order valence-electron chi connectivity index (χ3n) is 5.00. The van der Waals surface area contributed by atoms with E-state index in [0.29, 0.717) is 12.2 Å². The van der Waals surface area contributed by atoms with Crippen molar-refractivity contribution in [1.29, 1.82) is 0 Å². The van der Waals surface area contributed by atoms with Gasteiger partial charge in [0.1, 0.15) is 0 Å². The minimum absolute atomic E-state index is 0. The number of benzene rings is 1. The lowest BCUT2D eigenvalue weighted by Crippen LogP contribution is -2.31. The van der Waals surface area contributed by atoms with E-state index >= 15 is 0 Å². The van der Waals surface area contributed by atoms with E-state index in [1.54, 1.807) is 12.1 Å². The fraction of sp³-hybridized carbons (Fsp3) is 0.333. The molecule has 4 rings (SSSR count). The molecule has 3 heterocycles. The number of piperidine rings is 1. The number of likely N-dealkylation sites (tertiary alicyclic amines) is 1. The van der Waals surface area contributed by atoms with Gasteiger partial charge in [-0.05, 0) is 42.3 Å². The first-order chi connectivity index (χ1) is 15.5. The molecule has 0 unspecified atom stereocenters. The summed E-state index contributed by atoms with van der Waals surface area (Å²) in [6.07, 6.45) is 4.46. The Bertz CT molecular complexity index is 1150. The molecule has 1 amide bonds. The quantitative estimate of drug-likeness (QED) is 0.286. The number of carbonyl (C=O) groups excluding carboxylic acids is 1. The Kier molecular flexibility index (Phi) is 7.63. The van der Waals surface area contributed by atoms with E-state index in [1.807, 2.05) is 0 Å².